The van der Waals surface area contributed by atoms with Crippen LogP contribution < -0.4 is 10.6 Å². The minimum atomic E-state index is -4.39. The van der Waals surface area contributed by atoms with E-state index in [2.05, 4.69) is 32.8 Å². The monoisotopic (exact) mass is 460 g/mol. The minimum Gasteiger partial charge on any atom is -0.356 e. The van der Waals surface area contributed by atoms with Gasteiger partial charge in [0.25, 0.3) is 0 Å². The number of allylic oxidation sites excluding steroid dienone is 2. The Morgan fingerprint density at radius 2 is 2.17 bits per heavy atom. The van der Waals surface area contributed by atoms with Crippen molar-refractivity contribution in [3.8, 4) is 0 Å². The zero-order chi connectivity index (χ0) is 16.0. The lowest BCUT2D eigenvalue weighted by molar-refractivity contribution is -0.140. The lowest BCUT2D eigenvalue weighted by atomic mass is 9.94. The molecule has 1 aliphatic rings. The van der Waals surface area contributed by atoms with Gasteiger partial charge in [0.1, 0.15) is 5.01 Å². The Kier molecular flexibility index (Phi) is 8.31. The van der Waals surface area contributed by atoms with Gasteiger partial charge in [-0.15, -0.1) is 35.3 Å². The minimum absolute atomic E-state index is 0. The molecule has 1 aliphatic carbocycles. The van der Waals surface area contributed by atoms with Gasteiger partial charge in [-0.25, -0.2) is 4.98 Å². The van der Waals surface area contributed by atoms with Gasteiger partial charge in [-0.3, -0.25) is 4.99 Å². The molecule has 0 aliphatic heterocycles. The van der Waals surface area contributed by atoms with E-state index >= 15 is 0 Å². The number of hydrogen-bond acceptors (Lipinski definition) is 3. The molecular weight excluding hydrogens is 440 g/mol. The normalized spacial score (nSPS) is 18.4. The third-order valence-electron chi connectivity index (χ3n) is 3.41. The molecule has 0 saturated carbocycles. The molecule has 1 unspecified atom stereocenters. The zero-order valence-corrected chi connectivity index (χ0v) is 15.8. The number of nitrogens with zero attached hydrogens (tertiary/aromatic N) is 2. The summed E-state index contributed by atoms with van der Waals surface area (Å²) in [6, 6.07) is 0. The van der Waals surface area contributed by atoms with E-state index in [-0.39, 0.29) is 30.5 Å². The predicted molar refractivity (Wildman–Crippen MR) is 97.2 cm³/mol. The van der Waals surface area contributed by atoms with Crippen LogP contribution in [-0.2, 0) is 12.7 Å². The maximum Gasteiger partial charge on any atom is 0.434 e. The third kappa shape index (κ3) is 6.66. The van der Waals surface area contributed by atoms with E-state index in [0.717, 1.165) is 42.5 Å². The first-order valence-corrected chi connectivity index (χ1v) is 7.98. The molecule has 1 aromatic rings. The molecule has 0 bridgehead atoms. The number of halogens is 4. The van der Waals surface area contributed by atoms with Crippen molar-refractivity contribution in [3.63, 3.8) is 0 Å². The van der Waals surface area contributed by atoms with E-state index in [4.69, 9.17) is 0 Å². The first kappa shape index (κ1) is 20.2. The summed E-state index contributed by atoms with van der Waals surface area (Å²) >= 11 is 0.990. The van der Waals surface area contributed by atoms with Gasteiger partial charge < -0.3 is 10.6 Å². The second kappa shape index (κ2) is 9.45. The van der Waals surface area contributed by atoms with Crippen LogP contribution in [-0.4, -0.2) is 24.5 Å². The highest BCUT2D eigenvalue weighted by Gasteiger charge is 2.33. The lowest BCUT2D eigenvalue weighted by Gasteiger charge is -2.19. The Bertz CT molecular complexity index is 542. The number of guanidine groups is 1. The number of aromatic nitrogens is 1. The summed E-state index contributed by atoms with van der Waals surface area (Å²) in [4.78, 5) is 7.65. The Labute approximate surface area is 154 Å². The van der Waals surface area contributed by atoms with E-state index in [1.54, 1.807) is 7.05 Å². The summed E-state index contributed by atoms with van der Waals surface area (Å²) in [7, 11) is 1.64. The highest BCUT2D eigenvalue weighted by atomic mass is 127. The van der Waals surface area contributed by atoms with Gasteiger partial charge >= 0.3 is 6.18 Å². The lowest BCUT2D eigenvalue weighted by Crippen LogP contribution is -2.39. The number of hydrogen-bond donors (Lipinski definition) is 2. The number of rotatable bonds is 4. The van der Waals surface area contributed by atoms with E-state index in [0.29, 0.717) is 16.9 Å². The van der Waals surface area contributed by atoms with Crippen LogP contribution in [0.5, 0.6) is 0 Å². The van der Waals surface area contributed by atoms with Crippen molar-refractivity contribution in [2.45, 2.75) is 32.0 Å². The van der Waals surface area contributed by atoms with Gasteiger partial charge in [0, 0.05) is 19.0 Å². The summed E-state index contributed by atoms with van der Waals surface area (Å²) < 4.78 is 37.4. The molecule has 9 heteroatoms. The van der Waals surface area contributed by atoms with Crippen LogP contribution in [0.25, 0.3) is 0 Å². The molecule has 2 rings (SSSR count). The molecule has 2 N–H and O–H groups in total. The molecule has 1 atom stereocenters. The number of alkyl halides is 3. The van der Waals surface area contributed by atoms with Crippen LogP contribution in [0.4, 0.5) is 13.2 Å². The van der Waals surface area contributed by atoms with Crippen molar-refractivity contribution < 1.29 is 13.2 Å². The number of aliphatic imine (C=N–C) groups is 1. The van der Waals surface area contributed by atoms with Gasteiger partial charge in [-0.2, -0.15) is 13.2 Å². The molecule has 0 radical (unpaired) electrons. The van der Waals surface area contributed by atoms with Crippen LogP contribution in [0.3, 0.4) is 0 Å². The number of nitrogens with one attached hydrogen (secondary N) is 2. The summed E-state index contributed by atoms with van der Waals surface area (Å²) in [5.41, 5.74) is -0.841. The van der Waals surface area contributed by atoms with Crippen molar-refractivity contribution in [2.75, 3.05) is 13.6 Å². The number of thiazole rings is 1. The summed E-state index contributed by atoms with van der Waals surface area (Å²) in [5, 5.41) is 7.61. The van der Waals surface area contributed by atoms with E-state index in [1.807, 2.05) is 0 Å². The molecule has 1 heterocycles. The zero-order valence-electron chi connectivity index (χ0n) is 12.7. The first-order chi connectivity index (χ1) is 10.5. The standard InChI is InChI=1S/C14H19F3N4S.HI/c1-18-13(19-7-10-5-3-2-4-6-10)20-8-12-21-11(9-22-12)14(15,16)17;/h2-3,9-10H,4-8H2,1H3,(H2,18,19,20);1H. The van der Waals surface area contributed by atoms with Gasteiger partial charge in [-0.1, -0.05) is 12.2 Å². The highest BCUT2D eigenvalue weighted by molar-refractivity contribution is 14.0. The van der Waals surface area contributed by atoms with Crippen molar-refractivity contribution in [1.29, 1.82) is 0 Å². The van der Waals surface area contributed by atoms with Crippen molar-refractivity contribution in [3.05, 3.63) is 28.2 Å². The molecule has 1 aromatic heterocycles. The Morgan fingerprint density at radius 1 is 1.39 bits per heavy atom. The van der Waals surface area contributed by atoms with Crippen LogP contribution in [0.1, 0.15) is 30.0 Å². The van der Waals surface area contributed by atoms with E-state index < -0.39 is 11.9 Å². The van der Waals surface area contributed by atoms with E-state index in [1.165, 1.54) is 0 Å². The van der Waals surface area contributed by atoms with Crippen molar-refractivity contribution >= 4 is 41.3 Å². The Morgan fingerprint density at radius 3 is 2.74 bits per heavy atom. The third-order valence-corrected chi connectivity index (χ3v) is 4.26. The maximum atomic E-state index is 12.5. The fourth-order valence-electron chi connectivity index (χ4n) is 2.18. The van der Waals surface area contributed by atoms with Gasteiger partial charge in [0.05, 0.1) is 6.54 Å². The average Bonchev–Trinajstić information content (AvgIpc) is 2.97. The summed E-state index contributed by atoms with van der Waals surface area (Å²) in [6.45, 7) is 1.03. The maximum absolute atomic E-state index is 12.5. The van der Waals surface area contributed by atoms with Crippen molar-refractivity contribution in [2.24, 2.45) is 10.9 Å². The van der Waals surface area contributed by atoms with Gasteiger partial charge in [-0.05, 0) is 25.2 Å². The second-order valence-corrected chi connectivity index (χ2v) is 6.02. The SMILES string of the molecule is CN=C(NCc1nc(C(F)(F)F)cs1)NCC1CC=CCC1.I. The molecule has 0 fully saturated rings. The molecule has 0 aromatic carbocycles. The van der Waals surface area contributed by atoms with E-state index in [9.17, 15) is 13.2 Å². The largest absolute Gasteiger partial charge is 0.434 e. The molecule has 23 heavy (non-hydrogen) atoms. The fraction of sp³-hybridized carbons (Fsp3) is 0.571. The quantitative estimate of drug-likeness (QED) is 0.311. The smallest absolute Gasteiger partial charge is 0.356 e. The molecule has 0 spiro atoms. The molecule has 4 nitrogen and oxygen atoms in total. The molecule has 0 amide bonds. The highest BCUT2D eigenvalue weighted by Crippen LogP contribution is 2.29. The predicted octanol–water partition coefficient (Wildman–Crippen LogP) is 3.80. The Balaban J connectivity index is 0.00000264. The van der Waals surface area contributed by atoms with Gasteiger partial charge in [0.2, 0.25) is 0 Å². The molecule has 0 saturated heterocycles. The van der Waals surface area contributed by atoms with Crippen molar-refractivity contribution in [1.82, 2.24) is 15.6 Å². The second-order valence-electron chi connectivity index (χ2n) is 5.08. The molecule has 130 valence electrons. The first-order valence-electron chi connectivity index (χ1n) is 7.10. The van der Waals surface area contributed by atoms with Crippen LogP contribution >= 0.6 is 35.3 Å². The topological polar surface area (TPSA) is 49.3 Å². The van der Waals surface area contributed by atoms with Crippen LogP contribution in [0.15, 0.2) is 22.5 Å². The summed E-state index contributed by atoms with van der Waals surface area (Å²) in [5.74, 6) is 1.15. The average molecular weight is 460 g/mol. The van der Waals surface area contributed by atoms with Crippen LogP contribution in [0, 0.1) is 5.92 Å². The fourth-order valence-corrected chi connectivity index (χ4v) is 2.93. The summed E-state index contributed by atoms with van der Waals surface area (Å²) in [6.07, 6.45) is 3.26. The van der Waals surface area contributed by atoms with Crippen LogP contribution in [0.2, 0.25) is 0 Å². The molecular formula is C14H20F3IN4S. The Hall–Kier alpha value is -0.840. The van der Waals surface area contributed by atoms with Gasteiger partial charge in [0.15, 0.2) is 11.7 Å².